The van der Waals surface area contributed by atoms with Gasteiger partial charge in [0.25, 0.3) is 0 Å². The molecule has 0 aliphatic heterocycles. The number of nitrogens with one attached hydrogen (secondary N) is 1. The quantitative estimate of drug-likeness (QED) is 0.747. The molecule has 3 rings (SSSR count). The van der Waals surface area contributed by atoms with Gasteiger partial charge in [0.15, 0.2) is 5.78 Å². The summed E-state index contributed by atoms with van der Waals surface area (Å²) in [5.41, 5.74) is 6.28. The van der Waals surface area contributed by atoms with Gasteiger partial charge in [-0.1, -0.05) is 12.1 Å². The molecule has 0 radical (unpaired) electrons. The highest BCUT2D eigenvalue weighted by Crippen LogP contribution is 2.40. The Labute approximate surface area is 142 Å². The molecule has 2 aliphatic carbocycles. The van der Waals surface area contributed by atoms with Crippen molar-refractivity contribution < 1.29 is 14.1 Å². The molecule has 1 atom stereocenters. The Morgan fingerprint density at radius 3 is 2.67 bits per heavy atom. The maximum Gasteiger partial charge on any atom is 0.223 e. The molecule has 1 unspecified atom stereocenters. The summed E-state index contributed by atoms with van der Waals surface area (Å²) in [7, 11) is 0. The third-order valence-electron chi connectivity index (χ3n) is 5.10. The van der Waals surface area contributed by atoms with Crippen LogP contribution in [0.25, 0.3) is 0 Å². The van der Waals surface area contributed by atoms with E-state index in [2.05, 4.69) is 10.5 Å². The Morgan fingerprint density at radius 2 is 2.00 bits per heavy atom. The van der Waals surface area contributed by atoms with E-state index >= 15 is 0 Å². The third-order valence-corrected chi connectivity index (χ3v) is 5.10. The van der Waals surface area contributed by atoms with Crippen LogP contribution < -0.4 is 11.1 Å². The van der Waals surface area contributed by atoms with Crippen LogP contribution in [-0.4, -0.2) is 29.4 Å². The van der Waals surface area contributed by atoms with Crippen LogP contribution in [0.1, 0.15) is 74.0 Å². The van der Waals surface area contributed by atoms with Gasteiger partial charge in [0.1, 0.15) is 11.5 Å². The second-order valence-electron chi connectivity index (χ2n) is 7.48. The number of aromatic nitrogens is 1. The Balaban J connectivity index is 1.40. The zero-order valence-electron chi connectivity index (χ0n) is 14.3. The lowest BCUT2D eigenvalue weighted by molar-refractivity contribution is -0.126. The number of amides is 1. The highest BCUT2D eigenvalue weighted by Gasteiger charge is 2.29. The molecule has 6 nitrogen and oxygen atoms in total. The van der Waals surface area contributed by atoms with Crippen molar-refractivity contribution in [2.75, 3.05) is 6.54 Å². The molecule has 0 spiro atoms. The van der Waals surface area contributed by atoms with Crippen molar-refractivity contribution in [2.45, 2.75) is 63.8 Å². The Hall–Kier alpha value is -1.69. The predicted molar refractivity (Wildman–Crippen MR) is 89.5 cm³/mol. The SMILES string of the molecule is CC(CNC(=O)C1CCC(N)CC1)CC(=O)c1cc(C2CC2)on1. The van der Waals surface area contributed by atoms with Gasteiger partial charge in [0.2, 0.25) is 5.91 Å². The van der Waals surface area contributed by atoms with E-state index in [1.54, 1.807) is 6.07 Å². The first-order valence-corrected chi connectivity index (χ1v) is 9.06. The highest BCUT2D eigenvalue weighted by atomic mass is 16.5. The van der Waals surface area contributed by atoms with E-state index in [0.717, 1.165) is 44.3 Å². The number of rotatable bonds is 7. The van der Waals surface area contributed by atoms with Gasteiger partial charge in [-0.25, -0.2) is 0 Å². The van der Waals surface area contributed by atoms with Gasteiger partial charge in [0.05, 0.1) is 0 Å². The lowest BCUT2D eigenvalue weighted by Gasteiger charge is -2.25. The van der Waals surface area contributed by atoms with Crippen molar-refractivity contribution in [2.24, 2.45) is 17.6 Å². The zero-order valence-corrected chi connectivity index (χ0v) is 14.3. The molecular weight excluding hydrogens is 306 g/mol. The van der Waals surface area contributed by atoms with Crippen LogP contribution in [0.2, 0.25) is 0 Å². The highest BCUT2D eigenvalue weighted by molar-refractivity contribution is 5.94. The molecule has 24 heavy (non-hydrogen) atoms. The van der Waals surface area contributed by atoms with Crippen LogP contribution in [0.5, 0.6) is 0 Å². The number of Topliss-reactive ketones (excluding diaryl/α,β-unsaturated/α-hetero) is 1. The molecule has 0 bridgehead atoms. The summed E-state index contributed by atoms with van der Waals surface area (Å²) in [6, 6.07) is 2.02. The minimum absolute atomic E-state index is 0.0176. The number of nitrogens with zero attached hydrogens (tertiary/aromatic N) is 1. The van der Waals surface area contributed by atoms with Crippen molar-refractivity contribution in [3.63, 3.8) is 0 Å². The maximum atomic E-state index is 12.2. The van der Waals surface area contributed by atoms with Crippen LogP contribution in [0, 0.1) is 11.8 Å². The molecule has 1 aromatic rings. The fourth-order valence-electron chi connectivity index (χ4n) is 3.27. The summed E-state index contributed by atoms with van der Waals surface area (Å²) in [4.78, 5) is 24.4. The summed E-state index contributed by atoms with van der Waals surface area (Å²) in [6.07, 6.45) is 6.18. The fourth-order valence-corrected chi connectivity index (χ4v) is 3.27. The van der Waals surface area contributed by atoms with Gasteiger partial charge in [-0.15, -0.1) is 0 Å². The summed E-state index contributed by atoms with van der Waals surface area (Å²) >= 11 is 0. The summed E-state index contributed by atoms with van der Waals surface area (Å²) < 4.78 is 5.23. The van der Waals surface area contributed by atoms with E-state index in [4.69, 9.17) is 10.3 Å². The molecule has 2 saturated carbocycles. The van der Waals surface area contributed by atoms with E-state index in [1.165, 1.54) is 0 Å². The van der Waals surface area contributed by atoms with Crippen molar-refractivity contribution in [1.29, 1.82) is 0 Å². The Kier molecular flexibility index (Phi) is 5.33. The molecule has 0 saturated heterocycles. The second-order valence-corrected chi connectivity index (χ2v) is 7.48. The minimum Gasteiger partial charge on any atom is -0.360 e. The molecule has 2 aliphatic rings. The molecule has 0 aromatic carbocycles. The maximum absolute atomic E-state index is 12.2. The van der Waals surface area contributed by atoms with Gasteiger partial charge >= 0.3 is 0 Å². The summed E-state index contributed by atoms with van der Waals surface area (Å²) in [5, 5.41) is 6.86. The number of hydrogen-bond donors (Lipinski definition) is 2. The van der Waals surface area contributed by atoms with Crippen molar-refractivity contribution >= 4 is 11.7 Å². The summed E-state index contributed by atoms with van der Waals surface area (Å²) in [5.74, 6) is 1.52. The van der Waals surface area contributed by atoms with E-state index in [1.807, 2.05) is 6.92 Å². The predicted octanol–water partition coefficient (Wildman–Crippen LogP) is 2.39. The van der Waals surface area contributed by atoms with Gasteiger partial charge < -0.3 is 15.6 Å². The molecule has 132 valence electrons. The van der Waals surface area contributed by atoms with Crippen molar-refractivity contribution in [3.8, 4) is 0 Å². The molecule has 1 aromatic heterocycles. The van der Waals surface area contributed by atoms with E-state index in [0.29, 0.717) is 24.6 Å². The Bertz CT molecular complexity index is 586. The zero-order chi connectivity index (χ0) is 17.1. The van der Waals surface area contributed by atoms with Crippen LogP contribution in [-0.2, 0) is 4.79 Å². The molecular formula is C18H27N3O3. The number of carbonyl (C=O) groups excluding carboxylic acids is 2. The number of nitrogens with two attached hydrogens (primary N) is 1. The Morgan fingerprint density at radius 1 is 1.29 bits per heavy atom. The molecule has 2 fully saturated rings. The standard InChI is InChI=1S/C18H27N3O3/c1-11(10-20-18(23)13-4-6-14(19)7-5-13)8-16(22)15-9-17(24-21-15)12-2-3-12/h9,11-14H,2-8,10,19H2,1H3,(H,20,23). The lowest BCUT2D eigenvalue weighted by atomic mass is 9.86. The first kappa shape index (κ1) is 17.1. The normalized spacial score (nSPS) is 25.2. The molecule has 3 N–H and O–H groups in total. The second kappa shape index (κ2) is 7.47. The minimum atomic E-state index is -0.0176. The van der Waals surface area contributed by atoms with Gasteiger partial charge in [-0.3, -0.25) is 9.59 Å². The van der Waals surface area contributed by atoms with E-state index in [9.17, 15) is 9.59 Å². The van der Waals surface area contributed by atoms with Crippen LogP contribution in [0.3, 0.4) is 0 Å². The largest absolute Gasteiger partial charge is 0.360 e. The third kappa shape index (κ3) is 4.44. The first-order valence-electron chi connectivity index (χ1n) is 9.06. The van der Waals surface area contributed by atoms with Crippen LogP contribution in [0.15, 0.2) is 10.6 Å². The molecule has 1 amide bonds. The van der Waals surface area contributed by atoms with Crippen LogP contribution in [0.4, 0.5) is 0 Å². The monoisotopic (exact) mass is 333 g/mol. The van der Waals surface area contributed by atoms with Crippen molar-refractivity contribution in [3.05, 3.63) is 17.5 Å². The molecule has 6 heteroatoms. The number of ketones is 1. The first-order chi connectivity index (χ1) is 11.5. The number of hydrogen-bond acceptors (Lipinski definition) is 5. The van der Waals surface area contributed by atoms with Gasteiger partial charge in [-0.2, -0.15) is 0 Å². The molecule has 1 heterocycles. The smallest absolute Gasteiger partial charge is 0.223 e. The van der Waals surface area contributed by atoms with E-state index < -0.39 is 0 Å². The topological polar surface area (TPSA) is 98.2 Å². The number of carbonyl (C=O) groups is 2. The summed E-state index contributed by atoms with van der Waals surface area (Å²) in [6.45, 7) is 2.48. The van der Waals surface area contributed by atoms with Gasteiger partial charge in [-0.05, 0) is 44.4 Å². The lowest BCUT2D eigenvalue weighted by Crippen LogP contribution is -2.38. The average Bonchev–Trinajstić information content (AvgIpc) is 3.30. The average molecular weight is 333 g/mol. The van der Waals surface area contributed by atoms with Gasteiger partial charge in [0, 0.05) is 36.9 Å². The van der Waals surface area contributed by atoms with Crippen LogP contribution >= 0.6 is 0 Å². The fraction of sp³-hybridized carbons (Fsp3) is 0.722. The van der Waals surface area contributed by atoms with Crippen molar-refractivity contribution in [1.82, 2.24) is 10.5 Å². The van der Waals surface area contributed by atoms with E-state index in [-0.39, 0.29) is 29.6 Å².